The fraction of sp³-hybridized carbons (Fsp3) is 0.111. The van der Waals surface area contributed by atoms with E-state index in [0.717, 1.165) is 22.3 Å². The first-order chi connectivity index (χ1) is 14.1. The number of nitriles is 1. The number of rotatable bonds is 2. The Balaban J connectivity index is 1.67. The topological polar surface area (TPSA) is 36.7 Å². The average Bonchev–Trinajstić information content (AvgIpc) is 3.02. The van der Waals surface area contributed by atoms with E-state index in [0.29, 0.717) is 0 Å². The molecule has 2 heteroatoms. The Kier molecular flexibility index (Phi) is 3.86. The maximum Gasteiger partial charge on any atom is 0.0995 e. The van der Waals surface area contributed by atoms with Gasteiger partial charge in [-0.05, 0) is 56.6 Å². The fourth-order valence-corrected chi connectivity index (χ4v) is 4.73. The standard InChI is InChI=1S/C27H20N2/c1-27(2)25-20(16-28)6-3-9-23(25)24-10-4-8-22(26(24)27)19-13-11-18(12-14-19)21-7-5-15-29-17-21/h3-15,17H,1-2H3. The maximum absolute atomic E-state index is 9.68. The minimum absolute atomic E-state index is 0.227. The van der Waals surface area contributed by atoms with E-state index in [-0.39, 0.29) is 5.41 Å². The first-order valence-corrected chi connectivity index (χ1v) is 9.79. The maximum atomic E-state index is 9.68. The number of nitrogens with zero attached hydrogens (tertiary/aromatic N) is 2. The van der Waals surface area contributed by atoms with Gasteiger partial charge in [0, 0.05) is 17.8 Å². The van der Waals surface area contributed by atoms with Crippen LogP contribution in [0, 0.1) is 11.3 Å². The molecule has 138 valence electrons. The molecule has 0 spiro atoms. The van der Waals surface area contributed by atoms with Gasteiger partial charge in [-0.25, -0.2) is 0 Å². The molecule has 5 rings (SSSR count). The first-order valence-electron chi connectivity index (χ1n) is 9.79. The Bertz CT molecular complexity index is 1260. The van der Waals surface area contributed by atoms with E-state index in [1.165, 1.54) is 27.8 Å². The van der Waals surface area contributed by atoms with Crippen LogP contribution in [0.3, 0.4) is 0 Å². The molecule has 1 aliphatic carbocycles. The quantitative estimate of drug-likeness (QED) is 0.398. The Morgan fingerprint density at radius 3 is 2.03 bits per heavy atom. The highest BCUT2D eigenvalue weighted by atomic mass is 14.6. The normalized spacial score (nSPS) is 13.4. The van der Waals surface area contributed by atoms with Crippen LogP contribution in [-0.2, 0) is 5.41 Å². The van der Waals surface area contributed by atoms with E-state index in [4.69, 9.17) is 0 Å². The third-order valence-electron chi connectivity index (χ3n) is 5.98. The van der Waals surface area contributed by atoms with Gasteiger partial charge in [0.2, 0.25) is 0 Å². The van der Waals surface area contributed by atoms with Gasteiger partial charge in [-0.1, -0.05) is 74.5 Å². The van der Waals surface area contributed by atoms with Gasteiger partial charge in [-0.15, -0.1) is 0 Å². The van der Waals surface area contributed by atoms with Gasteiger partial charge in [-0.3, -0.25) is 4.98 Å². The molecule has 0 saturated carbocycles. The molecule has 0 fully saturated rings. The van der Waals surface area contributed by atoms with Crippen LogP contribution in [0.2, 0.25) is 0 Å². The lowest BCUT2D eigenvalue weighted by atomic mass is 9.77. The zero-order chi connectivity index (χ0) is 20.0. The van der Waals surface area contributed by atoms with Crippen molar-refractivity contribution in [2.45, 2.75) is 19.3 Å². The molecule has 4 aromatic rings. The molecule has 3 aromatic carbocycles. The molecule has 0 atom stereocenters. The van der Waals surface area contributed by atoms with Crippen LogP contribution >= 0.6 is 0 Å². The molecule has 29 heavy (non-hydrogen) atoms. The first kappa shape index (κ1) is 17.4. The van der Waals surface area contributed by atoms with Crippen LogP contribution in [-0.4, -0.2) is 4.98 Å². The smallest absolute Gasteiger partial charge is 0.0995 e. The van der Waals surface area contributed by atoms with Crippen molar-refractivity contribution in [2.24, 2.45) is 0 Å². The number of fused-ring (bicyclic) bond motifs is 3. The molecular weight excluding hydrogens is 352 g/mol. The summed E-state index contributed by atoms with van der Waals surface area (Å²) in [5.74, 6) is 0. The summed E-state index contributed by atoms with van der Waals surface area (Å²) >= 11 is 0. The third kappa shape index (κ3) is 2.59. The lowest BCUT2D eigenvalue weighted by Crippen LogP contribution is -2.17. The second-order valence-electron chi connectivity index (χ2n) is 8.01. The molecular formula is C27H20N2. The molecule has 1 heterocycles. The number of pyridine rings is 1. The number of hydrogen-bond acceptors (Lipinski definition) is 2. The van der Waals surface area contributed by atoms with Crippen molar-refractivity contribution in [3.05, 3.63) is 102 Å². The van der Waals surface area contributed by atoms with Crippen LogP contribution in [0.5, 0.6) is 0 Å². The van der Waals surface area contributed by atoms with Crippen molar-refractivity contribution < 1.29 is 0 Å². The van der Waals surface area contributed by atoms with Crippen molar-refractivity contribution in [1.82, 2.24) is 4.98 Å². The van der Waals surface area contributed by atoms with E-state index in [2.05, 4.69) is 79.5 Å². The second kappa shape index (κ2) is 6.43. The molecule has 1 aromatic heterocycles. The SMILES string of the molecule is CC1(C)c2c(C#N)cccc2-c2cccc(-c3ccc(-c4cccnc4)cc3)c21. The van der Waals surface area contributed by atoms with Crippen molar-refractivity contribution in [1.29, 1.82) is 5.26 Å². The lowest BCUT2D eigenvalue weighted by Gasteiger charge is -2.25. The minimum atomic E-state index is -0.227. The third-order valence-corrected chi connectivity index (χ3v) is 5.98. The number of benzene rings is 3. The highest BCUT2D eigenvalue weighted by molar-refractivity contribution is 5.89. The Morgan fingerprint density at radius 2 is 1.34 bits per heavy atom. The number of aromatic nitrogens is 1. The predicted molar refractivity (Wildman–Crippen MR) is 117 cm³/mol. The Hall–Kier alpha value is -3.70. The molecule has 0 radical (unpaired) electrons. The molecule has 0 bridgehead atoms. The van der Waals surface area contributed by atoms with Crippen molar-refractivity contribution in [3.8, 4) is 39.4 Å². The zero-order valence-corrected chi connectivity index (χ0v) is 16.5. The highest BCUT2D eigenvalue weighted by Crippen LogP contribution is 2.53. The van der Waals surface area contributed by atoms with E-state index in [9.17, 15) is 5.26 Å². The van der Waals surface area contributed by atoms with Gasteiger partial charge in [0.05, 0.1) is 11.6 Å². The molecule has 0 N–H and O–H groups in total. The summed E-state index contributed by atoms with van der Waals surface area (Å²) in [6, 6.07) is 27.6. The van der Waals surface area contributed by atoms with Gasteiger partial charge in [0.15, 0.2) is 0 Å². The van der Waals surface area contributed by atoms with Gasteiger partial charge >= 0.3 is 0 Å². The summed E-state index contributed by atoms with van der Waals surface area (Å²) in [7, 11) is 0. The van der Waals surface area contributed by atoms with Crippen LogP contribution in [0.1, 0.15) is 30.5 Å². The summed E-state index contributed by atoms with van der Waals surface area (Å²) in [5.41, 5.74) is 10.1. The number of hydrogen-bond donors (Lipinski definition) is 0. The largest absolute Gasteiger partial charge is 0.264 e. The van der Waals surface area contributed by atoms with Crippen molar-refractivity contribution >= 4 is 0 Å². The monoisotopic (exact) mass is 372 g/mol. The summed E-state index contributed by atoms with van der Waals surface area (Å²) in [4.78, 5) is 4.22. The summed E-state index contributed by atoms with van der Waals surface area (Å²) in [5, 5.41) is 9.68. The average molecular weight is 372 g/mol. The van der Waals surface area contributed by atoms with E-state index >= 15 is 0 Å². The Morgan fingerprint density at radius 1 is 0.690 bits per heavy atom. The van der Waals surface area contributed by atoms with E-state index < -0.39 is 0 Å². The summed E-state index contributed by atoms with van der Waals surface area (Å²) in [6.45, 7) is 4.46. The molecule has 0 amide bonds. The van der Waals surface area contributed by atoms with Crippen LogP contribution in [0.15, 0.2) is 85.2 Å². The molecule has 1 aliphatic rings. The summed E-state index contributed by atoms with van der Waals surface area (Å²) in [6.07, 6.45) is 3.68. The molecule has 2 nitrogen and oxygen atoms in total. The van der Waals surface area contributed by atoms with Gasteiger partial charge in [0.1, 0.15) is 0 Å². The van der Waals surface area contributed by atoms with E-state index in [1.54, 1.807) is 6.20 Å². The lowest BCUT2D eigenvalue weighted by molar-refractivity contribution is 0.660. The highest BCUT2D eigenvalue weighted by Gasteiger charge is 2.39. The zero-order valence-electron chi connectivity index (χ0n) is 16.5. The predicted octanol–water partition coefficient (Wildman–Crippen LogP) is 6.59. The fourth-order valence-electron chi connectivity index (χ4n) is 4.73. The van der Waals surface area contributed by atoms with Crippen LogP contribution in [0.4, 0.5) is 0 Å². The van der Waals surface area contributed by atoms with E-state index in [1.807, 2.05) is 24.4 Å². The van der Waals surface area contributed by atoms with Crippen molar-refractivity contribution in [2.75, 3.05) is 0 Å². The Labute approximate surface area is 171 Å². The molecule has 0 unspecified atom stereocenters. The minimum Gasteiger partial charge on any atom is -0.264 e. The molecule has 0 saturated heterocycles. The van der Waals surface area contributed by atoms with Gasteiger partial charge in [0.25, 0.3) is 0 Å². The summed E-state index contributed by atoms with van der Waals surface area (Å²) < 4.78 is 0. The second-order valence-corrected chi connectivity index (χ2v) is 8.01. The van der Waals surface area contributed by atoms with Crippen LogP contribution < -0.4 is 0 Å². The van der Waals surface area contributed by atoms with Crippen LogP contribution in [0.25, 0.3) is 33.4 Å². The molecule has 0 aliphatic heterocycles. The van der Waals surface area contributed by atoms with Gasteiger partial charge < -0.3 is 0 Å². The van der Waals surface area contributed by atoms with Crippen molar-refractivity contribution in [3.63, 3.8) is 0 Å². The van der Waals surface area contributed by atoms with Gasteiger partial charge in [-0.2, -0.15) is 5.26 Å².